The van der Waals surface area contributed by atoms with Gasteiger partial charge in [0.25, 0.3) is 5.91 Å². The van der Waals surface area contributed by atoms with Crippen molar-refractivity contribution in [2.24, 2.45) is 0 Å². The van der Waals surface area contributed by atoms with Crippen molar-refractivity contribution in [3.8, 4) is 11.8 Å². The number of alkyl halides is 3. The number of halogens is 3. The van der Waals surface area contributed by atoms with Crippen LogP contribution >= 0.6 is 12.6 Å². The van der Waals surface area contributed by atoms with Crippen LogP contribution in [0.1, 0.15) is 43.4 Å². The van der Waals surface area contributed by atoms with Crippen molar-refractivity contribution in [2.75, 3.05) is 23.0 Å². The van der Waals surface area contributed by atoms with E-state index in [1.54, 1.807) is 0 Å². The Balaban J connectivity index is 1.45. The Hall–Kier alpha value is -2.97. The van der Waals surface area contributed by atoms with Crippen LogP contribution in [0.4, 0.5) is 24.5 Å². The molecule has 0 N–H and O–H groups in total. The van der Waals surface area contributed by atoms with E-state index in [1.165, 1.54) is 11.0 Å². The van der Waals surface area contributed by atoms with Crippen molar-refractivity contribution in [1.29, 1.82) is 5.26 Å². The summed E-state index contributed by atoms with van der Waals surface area (Å²) in [5.41, 5.74) is -2.98. The summed E-state index contributed by atoms with van der Waals surface area (Å²) in [5.74, 6) is 0.374. The number of carbonyl (C=O) groups is 1. The molecule has 3 aliphatic rings. The zero-order valence-corrected chi connectivity index (χ0v) is 19.6. The van der Waals surface area contributed by atoms with Gasteiger partial charge in [0.15, 0.2) is 11.2 Å². The second kappa shape index (κ2) is 8.91. The van der Waals surface area contributed by atoms with Crippen LogP contribution in [0.15, 0.2) is 36.5 Å². The molecule has 11 heteroatoms. The van der Waals surface area contributed by atoms with E-state index in [4.69, 9.17) is 14.7 Å². The highest BCUT2D eigenvalue weighted by molar-refractivity contribution is 7.81. The molecule has 1 atom stereocenters. The molecule has 1 unspecified atom stereocenters. The van der Waals surface area contributed by atoms with Crippen LogP contribution in [0.5, 0.6) is 5.75 Å². The van der Waals surface area contributed by atoms with E-state index in [2.05, 4.69) is 17.6 Å². The SMILES string of the molecule is N#Cc1ncc(N2C(=O)C3(CCC3)N(c3ccc(OC4CCOCC4)cc3)C2S)cc1C(F)(F)F. The zero-order chi connectivity index (χ0) is 24.8. The monoisotopic (exact) mass is 504 g/mol. The first-order valence-corrected chi connectivity index (χ1v) is 11.9. The molecular formula is C24H23F3N4O3S. The number of ether oxygens (including phenoxy) is 2. The molecule has 184 valence electrons. The second-order valence-electron chi connectivity index (χ2n) is 8.90. The van der Waals surface area contributed by atoms with Crippen molar-refractivity contribution in [2.45, 2.75) is 55.4 Å². The topological polar surface area (TPSA) is 78.7 Å². The van der Waals surface area contributed by atoms with E-state index in [1.807, 2.05) is 29.2 Å². The van der Waals surface area contributed by atoms with Gasteiger partial charge in [0.1, 0.15) is 23.5 Å². The third kappa shape index (κ3) is 4.08. The van der Waals surface area contributed by atoms with E-state index in [-0.39, 0.29) is 17.7 Å². The van der Waals surface area contributed by atoms with Crippen molar-refractivity contribution < 1.29 is 27.4 Å². The molecule has 2 aliphatic heterocycles. The average molecular weight is 505 g/mol. The van der Waals surface area contributed by atoms with Gasteiger partial charge in [0, 0.05) is 18.5 Å². The van der Waals surface area contributed by atoms with Crippen molar-refractivity contribution >= 4 is 29.9 Å². The van der Waals surface area contributed by atoms with Gasteiger partial charge >= 0.3 is 6.18 Å². The number of nitriles is 1. The maximum atomic E-state index is 13.6. The summed E-state index contributed by atoms with van der Waals surface area (Å²) in [6.45, 7) is 1.33. The Morgan fingerprint density at radius 1 is 1.17 bits per heavy atom. The first-order valence-electron chi connectivity index (χ1n) is 11.4. The van der Waals surface area contributed by atoms with E-state index in [9.17, 15) is 18.0 Å². The first kappa shape index (κ1) is 23.8. The number of pyridine rings is 1. The summed E-state index contributed by atoms with van der Waals surface area (Å²) >= 11 is 4.67. The molecule has 35 heavy (non-hydrogen) atoms. The van der Waals surface area contributed by atoms with Crippen LogP contribution in [0, 0.1) is 11.3 Å². The first-order chi connectivity index (χ1) is 16.7. The van der Waals surface area contributed by atoms with Gasteiger partial charge in [-0.25, -0.2) is 4.98 Å². The number of amides is 1. The summed E-state index contributed by atoms with van der Waals surface area (Å²) < 4.78 is 52.0. The van der Waals surface area contributed by atoms with E-state index in [0.717, 1.165) is 37.2 Å². The predicted molar refractivity (Wildman–Crippen MR) is 124 cm³/mol. The van der Waals surface area contributed by atoms with Gasteiger partial charge in [0.05, 0.1) is 30.7 Å². The number of nitrogens with zero attached hydrogens (tertiary/aromatic N) is 4. The fraction of sp³-hybridized carbons (Fsp3) is 0.458. The van der Waals surface area contributed by atoms with Gasteiger partial charge in [-0.3, -0.25) is 9.69 Å². The lowest BCUT2D eigenvalue weighted by Gasteiger charge is -2.44. The molecule has 5 rings (SSSR count). The van der Waals surface area contributed by atoms with Crippen LogP contribution < -0.4 is 14.5 Å². The maximum absolute atomic E-state index is 13.6. The Labute approximate surface area is 205 Å². The molecule has 7 nitrogen and oxygen atoms in total. The number of hydrogen-bond donors (Lipinski definition) is 1. The van der Waals surface area contributed by atoms with Crippen LogP contribution in [-0.4, -0.2) is 41.2 Å². The summed E-state index contributed by atoms with van der Waals surface area (Å²) in [4.78, 5) is 20.3. The predicted octanol–water partition coefficient (Wildman–Crippen LogP) is 4.52. The quantitative estimate of drug-likeness (QED) is 0.617. The molecule has 1 spiro atoms. The van der Waals surface area contributed by atoms with E-state index >= 15 is 0 Å². The molecule has 2 aromatic rings. The van der Waals surface area contributed by atoms with Gasteiger partial charge in [0.2, 0.25) is 0 Å². The summed E-state index contributed by atoms with van der Waals surface area (Å²) in [5, 5.41) is 9.06. The van der Waals surface area contributed by atoms with E-state index < -0.39 is 28.5 Å². The number of anilines is 2. The molecule has 3 heterocycles. The lowest BCUT2D eigenvalue weighted by Crippen LogP contribution is -2.55. The Morgan fingerprint density at radius 2 is 1.86 bits per heavy atom. The number of rotatable bonds is 4. The van der Waals surface area contributed by atoms with Gasteiger partial charge < -0.3 is 14.4 Å². The lowest BCUT2D eigenvalue weighted by atomic mass is 9.75. The molecule has 0 radical (unpaired) electrons. The summed E-state index contributed by atoms with van der Waals surface area (Å²) in [6, 6.07) is 9.60. The molecule has 1 amide bonds. The van der Waals surface area contributed by atoms with Crippen LogP contribution in [-0.2, 0) is 15.7 Å². The zero-order valence-electron chi connectivity index (χ0n) is 18.7. The minimum Gasteiger partial charge on any atom is -0.490 e. The highest BCUT2D eigenvalue weighted by atomic mass is 32.1. The minimum atomic E-state index is -4.78. The number of aromatic nitrogens is 1. The largest absolute Gasteiger partial charge is 0.490 e. The number of carbonyl (C=O) groups excluding carboxylic acids is 1. The number of hydrogen-bond acceptors (Lipinski definition) is 7. The van der Waals surface area contributed by atoms with Crippen molar-refractivity contribution in [3.63, 3.8) is 0 Å². The van der Waals surface area contributed by atoms with Gasteiger partial charge in [-0.05, 0) is 49.6 Å². The highest BCUT2D eigenvalue weighted by Crippen LogP contribution is 2.50. The van der Waals surface area contributed by atoms with Crippen molar-refractivity contribution in [1.82, 2.24) is 4.98 Å². The minimum absolute atomic E-state index is 0.0467. The smallest absolute Gasteiger partial charge is 0.419 e. The fourth-order valence-corrected chi connectivity index (χ4v) is 5.52. The molecule has 0 bridgehead atoms. The number of benzene rings is 1. The lowest BCUT2D eigenvalue weighted by molar-refractivity contribution is -0.138. The number of thiol groups is 1. The van der Waals surface area contributed by atoms with Crippen LogP contribution in [0.3, 0.4) is 0 Å². The summed E-state index contributed by atoms with van der Waals surface area (Å²) in [7, 11) is 0. The molecule has 1 aromatic carbocycles. The summed E-state index contributed by atoms with van der Waals surface area (Å²) in [6.07, 6.45) is 0.00879. The average Bonchev–Trinajstić information content (AvgIpc) is 3.06. The maximum Gasteiger partial charge on any atom is 0.419 e. The Morgan fingerprint density at radius 3 is 2.43 bits per heavy atom. The molecule has 1 saturated carbocycles. The Kier molecular flexibility index (Phi) is 6.05. The van der Waals surface area contributed by atoms with Gasteiger partial charge in [-0.1, -0.05) is 0 Å². The second-order valence-corrected chi connectivity index (χ2v) is 9.36. The molecular weight excluding hydrogens is 481 g/mol. The van der Waals surface area contributed by atoms with Crippen LogP contribution in [0.2, 0.25) is 0 Å². The normalized spacial score (nSPS) is 22.3. The van der Waals surface area contributed by atoms with E-state index in [0.29, 0.717) is 31.8 Å². The molecule has 2 saturated heterocycles. The van der Waals surface area contributed by atoms with Crippen LogP contribution in [0.25, 0.3) is 0 Å². The fourth-order valence-electron chi connectivity index (χ4n) is 4.93. The van der Waals surface area contributed by atoms with Gasteiger partial charge in [-0.15, -0.1) is 12.6 Å². The van der Waals surface area contributed by atoms with Gasteiger partial charge in [-0.2, -0.15) is 18.4 Å². The highest BCUT2D eigenvalue weighted by Gasteiger charge is 2.60. The molecule has 1 aliphatic carbocycles. The third-order valence-electron chi connectivity index (χ3n) is 6.87. The standard InChI is InChI=1S/C24H23F3N4O3S/c25-24(26,27)19-12-16(14-29-20(19)13-28)30-21(32)23(8-1-9-23)31(22(30)35)15-2-4-17(5-3-15)34-18-6-10-33-11-7-18/h2-5,12,14,18,22,35H,1,6-11H2. The third-order valence-corrected chi connectivity index (χ3v) is 7.33. The molecule has 3 fully saturated rings. The van der Waals surface area contributed by atoms with Crippen molar-refractivity contribution in [3.05, 3.63) is 47.8 Å². The molecule has 1 aromatic heterocycles. The Bertz CT molecular complexity index is 1160.